The highest BCUT2D eigenvalue weighted by atomic mass is 16.7. The SMILES string of the molecule is CC(C)c1c(/C=N/OCc2ccccc2)c2cc(O)ccc2n1Cc1ccccc1.CC(C)c1c(/C=N/Oc2ccccc2)c2cc(O)ccc2n1Cc1ccccc1.CC(C)c1c(C=O)c2cc(O)ccc2n1Cc1ccccc1.COCOc1ccc2c(c1)c(/C=N/OCc1ccccc1)c(C(C)C)n2Cc1ccccc1.COCOc1ccc2c(c1)c(C=O)c(C(C)C)n2Cc1ccccc1.NOCc1ccccc1. The van der Waals surface area contributed by atoms with Gasteiger partial charge in [-0.1, -0.05) is 346 Å². The molecule has 0 aliphatic rings. The zero-order valence-electron chi connectivity index (χ0n) is 86.1. The molecule has 22 heteroatoms. The van der Waals surface area contributed by atoms with Crippen LogP contribution in [0.1, 0.15) is 209 Å². The lowest BCUT2D eigenvalue weighted by molar-refractivity contribution is 0.0510. The molecule has 19 aromatic rings. The maximum Gasteiger partial charge on any atom is 0.188 e. The number of benzene rings is 14. The number of methoxy groups -OCH3 is 2. The lowest BCUT2D eigenvalue weighted by atomic mass is 10.0. The van der Waals surface area contributed by atoms with E-state index in [-0.39, 0.29) is 54.5 Å². The van der Waals surface area contributed by atoms with Crippen LogP contribution in [0.2, 0.25) is 0 Å². The third-order valence-electron chi connectivity index (χ3n) is 25.0. The van der Waals surface area contributed by atoms with Crippen molar-refractivity contribution in [2.75, 3.05) is 27.8 Å². The molecule has 0 amide bonds. The zero-order chi connectivity index (χ0) is 104. The van der Waals surface area contributed by atoms with Crippen molar-refractivity contribution in [2.45, 2.75) is 151 Å². The minimum atomic E-state index is 0.183. The van der Waals surface area contributed by atoms with Crippen molar-refractivity contribution in [2.24, 2.45) is 21.4 Å². The van der Waals surface area contributed by atoms with E-state index < -0.39 is 0 Å². The number of fused-ring (bicyclic) bond motifs is 5. The van der Waals surface area contributed by atoms with Gasteiger partial charge in [0.2, 0.25) is 0 Å². The van der Waals surface area contributed by atoms with E-state index in [2.05, 4.69) is 222 Å². The number of para-hydroxylation sites is 1. The average molecular weight is 1980 g/mol. The number of ether oxygens (including phenoxy) is 4. The summed E-state index contributed by atoms with van der Waals surface area (Å²) >= 11 is 0. The van der Waals surface area contributed by atoms with Gasteiger partial charge in [0.1, 0.15) is 42.0 Å². The number of phenolic OH excluding ortho intramolecular Hbond substituents is 3. The number of carbonyl (C=O) groups is 2. The van der Waals surface area contributed by atoms with Crippen LogP contribution in [0.3, 0.4) is 0 Å². The molecular formula is C126H131N9O13. The molecular weight excluding hydrogens is 1850 g/mol. The van der Waals surface area contributed by atoms with Crippen LogP contribution in [0.25, 0.3) is 54.5 Å². The Morgan fingerprint density at radius 1 is 0.270 bits per heavy atom. The van der Waals surface area contributed by atoms with Crippen molar-refractivity contribution in [3.05, 3.63) is 465 Å². The Morgan fingerprint density at radius 2 is 0.500 bits per heavy atom. The largest absolute Gasteiger partial charge is 0.508 e. The minimum Gasteiger partial charge on any atom is -0.508 e. The van der Waals surface area contributed by atoms with Gasteiger partial charge >= 0.3 is 0 Å². The van der Waals surface area contributed by atoms with Gasteiger partial charge in [-0.05, 0) is 177 Å². The highest BCUT2D eigenvalue weighted by Gasteiger charge is 2.27. The lowest BCUT2D eigenvalue weighted by Gasteiger charge is -2.14. The first-order valence-electron chi connectivity index (χ1n) is 49.8. The molecule has 19 rings (SSSR count). The summed E-state index contributed by atoms with van der Waals surface area (Å²) in [7, 11) is 3.20. The summed E-state index contributed by atoms with van der Waals surface area (Å²) in [6.07, 6.45) is 7.23. The van der Waals surface area contributed by atoms with E-state index in [9.17, 15) is 24.9 Å². The van der Waals surface area contributed by atoms with E-state index >= 15 is 0 Å². The molecule has 5 N–H and O–H groups in total. The third kappa shape index (κ3) is 28.1. The van der Waals surface area contributed by atoms with Crippen molar-refractivity contribution in [1.29, 1.82) is 0 Å². The Labute approximate surface area is 866 Å². The van der Waals surface area contributed by atoms with Crippen LogP contribution >= 0.6 is 0 Å². The summed E-state index contributed by atoms with van der Waals surface area (Å²) in [6, 6.07) is 119. The number of hydrogen-bond acceptors (Lipinski definition) is 17. The normalized spacial score (nSPS) is 11.3. The van der Waals surface area contributed by atoms with E-state index in [1.807, 2.05) is 225 Å². The Hall–Kier alpha value is -16.6. The van der Waals surface area contributed by atoms with Crippen LogP contribution in [-0.4, -0.2) is 97.2 Å². The zero-order valence-corrected chi connectivity index (χ0v) is 86.1. The molecule has 0 saturated carbocycles. The molecule has 0 radical (unpaired) electrons. The van der Waals surface area contributed by atoms with Gasteiger partial charge in [0, 0.05) is 158 Å². The molecule has 0 bridgehead atoms. The van der Waals surface area contributed by atoms with Crippen LogP contribution in [0, 0.1) is 0 Å². The molecule has 22 nitrogen and oxygen atoms in total. The molecule has 14 aromatic carbocycles. The first-order valence-corrected chi connectivity index (χ1v) is 49.8. The average Bonchev–Trinajstić information content (AvgIpc) is 1.63. The van der Waals surface area contributed by atoms with Gasteiger partial charge in [-0.25, -0.2) is 5.90 Å². The molecule has 148 heavy (non-hydrogen) atoms. The van der Waals surface area contributed by atoms with Crippen LogP contribution in [0.5, 0.6) is 34.5 Å². The van der Waals surface area contributed by atoms with Crippen LogP contribution in [0.15, 0.2) is 379 Å². The van der Waals surface area contributed by atoms with Gasteiger partial charge in [0.05, 0.1) is 25.3 Å². The molecule has 0 atom stereocenters. The predicted molar refractivity (Wildman–Crippen MR) is 596 cm³/mol. The monoisotopic (exact) mass is 1980 g/mol. The second-order valence-electron chi connectivity index (χ2n) is 37.3. The van der Waals surface area contributed by atoms with E-state index in [4.69, 9.17) is 39.4 Å². The summed E-state index contributed by atoms with van der Waals surface area (Å²) in [5.41, 5.74) is 24.7. The van der Waals surface area contributed by atoms with E-state index in [0.29, 0.717) is 49.3 Å². The molecule has 0 aliphatic carbocycles. The highest BCUT2D eigenvalue weighted by Crippen LogP contribution is 2.40. The van der Waals surface area contributed by atoms with E-state index in [1.54, 1.807) is 63.0 Å². The van der Waals surface area contributed by atoms with Crippen LogP contribution in [0.4, 0.5) is 0 Å². The molecule has 758 valence electrons. The molecule has 0 unspecified atom stereocenters. The minimum absolute atomic E-state index is 0.183. The fourth-order valence-corrected chi connectivity index (χ4v) is 18.7. The maximum absolute atomic E-state index is 11.9. The highest BCUT2D eigenvalue weighted by molar-refractivity contribution is 6.05. The van der Waals surface area contributed by atoms with Crippen molar-refractivity contribution >= 4 is 85.7 Å². The number of aromatic nitrogens is 5. The topological polar surface area (TPSA) is 256 Å². The fraction of sp³-hybridized carbons (Fsp3) is 0.214. The molecule has 0 fully saturated rings. The first-order chi connectivity index (χ1) is 72.1. The number of phenols is 3. The lowest BCUT2D eigenvalue weighted by Crippen LogP contribution is -2.07. The summed E-state index contributed by atoms with van der Waals surface area (Å²) in [5.74, 6) is 8.97. The van der Waals surface area contributed by atoms with Gasteiger partial charge in [0.25, 0.3) is 0 Å². The van der Waals surface area contributed by atoms with E-state index in [0.717, 1.165) is 155 Å². The van der Waals surface area contributed by atoms with Crippen molar-refractivity contribution in [1.82, 2.24) is 22.8 Å². The van der Waals surface area contributed by atoms with Gasteiger partial charge < -0.3 is 71.6 Å². The first kappa shape index (κ1) is 107. The Kier molecular flexibility index (Phi) is 38.9. The molecule has 0 aliphatic heterocycles. The summed E-state index contributed by atoms with van der Waals surface area (Å²) in [6.45, 7) is 27.0. The smallest absolute Gasteiger partial charge is 0.188 e. The van der Waals surface area contributed by atoms with Crippen molar-refractivity contribution in [3.63, 3.8) is 0 Å². The number of nitrogens with zero attached hydrogens (tertiary/aromatic N) is 8. The predicted octanol–water partition coefficient (Wildman–Crippen LogP) is 28.4. The maximum atomic E-state index is 11.9. The van der Waals surface area contributed by atoms with Gasteiger partial charge in [-0.3, -0.25) is 14.4 Å². The van der Waals surface area contributed by atoms with Gasteiger partial charge in [0.15, 0.2) is 31.9 Å². The third-order valence-corrected chi connectivity index (χ3v) is 25.0. The molecule has 0 saturated heterocycles. The number of hydrogen-bond donors (Lipinski definition) is 4. The Morgan fingerprint density at radius 3 is 0.764 bits per heavy atom. The number of oxime groups is 3. The Bertz CT molecular complexity index is 7530. The van der Waals surface area contributed by atoms with Crippen molar-refractivity contribution in [3.8, 4) is 34.5 Å². The summed E-state index contributed by atoms with van der Waals surface area (Å²) in [4.78, 5) is 44.7. The summed E-state index contributed by atoms with van der Waals surface area (Å²) < 4.78 is 32.7. The number of rotatable bonds is 36. The number of nitrogens with two attached hydrogens (primary N) is 1. The second kappa shape index (κ2) is 53.8. The van der Waals surface area contributed by atoms with Crippen LogP contribution in [-0.2, 0) is 76.5 Å². The number of carbonyl (C=O) groups excluding carboxylic acids is 2. The van der Waals surface area contributed by atoms with Gasteiger partial charge in [-0.15, -0.1) is 0 Å². The van der Waals surface area contributed by atoms with E-state index in [1.165, 1.54) is 39.2 Å². The van der Waals surface area contributed by atoms with Crippen molar-refractivity contribution < 1.29 is 63.2 Å². The van der Waals surface area contributed by atoms with Gasteiger partial charge in [-0.2, -0.15) is 0 Å². The Balaban J connectivity index is 0.000000143. The molecule has 5 heterocycles. The van der Waals surface area contributed by atoms with Crippen LogP contribution < -0.4 is 20.2 Å². The fourth-order valence-electron chi connectivity index (χ4n) is 18.7. The second-order valence-corrected chi connectivity index (χ2v) is 37.3. The number of aldehydes is 2. The summed E-state index contributed by atoms with van der Waals surface area (Å²) in [5, 5.41) is 47.6. The molecule has 5 aromatic heterocycles. The number of aromatic hydroxyl groups is 3. The standard InChI is InChI=1S/C28H30N2O3.C26H26N2O2.C25H24N2O2.C21H23NO3.C19H19NO2.C7H9NO/c1-21(2)28-26(17-29-33-19-23-12-8-5-9-13-23)25-16-24(32-20-31-3)14-15-27(25)30(28)18-22-10-6-4-7-11-22;1-19(2)26-24(16-27-30-18-21-11-7-4-8-12-21)23-15-22(29)13-14-25(23)28(26)17-20-9-5-3-6-10-20;1-18(2)25-23(16-26-29-21-11-7-4-8-12-21)22-15-20(28)13-14-24(22)27(25)17-19-9-5-3-6-10-19;1-15(2)21-19(13-23)18-11-17(25-14-24-3)9-10-20(18)22(21)12-16-7-5-4-6-8-16;1-13(2)19-17(12-21)16-10-15(22)8-9-18(16)20(19)11-14-6-4-3-5-7-14;8-9-6-7-4-2-1-3-5-7/h4-17,21H,18-20H2,1-3H3;3-16,19,29H,17-18H2,1-2H3;3-16,18,28H,17H2,1-2H3;4-11,13,15H,12,14H2,1-3H3;3-10,12-13,22H,11H2,1-2H3;1-5H,6,8H2/b29-17+;27-16+;26-16+;;;. The quantitative estimate of drug-likeness (QED) is 0.0123. The molecule has 0 spiro atoms.